The first-order chi connectivity index (χ1) is 14.9. The molecule has 0 N–H and O–H groups in total. The average Bonchev–Trinajstić information content (AvgIpc) is 3.32. The molecular formula is C22H21ClN5OS2+. The quantitative estimate of drug-likeness (QED) is 0.401. The second-order valence-electron chi connectivity index (χ2n) is 7.36. The van der Waals surface area contributed by atoms with Crippen molar-refractivity contribution in [1.29, 1.82) is 0 Å². The van der Waals surface area contributed by atoms with E-state index in [0.717, 1.165) is 32.5 Å². The summed E-state index contributed by atoms with van der Waals surface area (Å²) < 4.78 is 3.10. The number of carbonyl (C=O) groups is 1. The molecule has 3 heterocycles. The van der Waals surface area contributed by atoms with Gasteiger partial charge in [-0.1, -0.05) is 23.7 Å². The number of fused-ring (bicyclic) bond motifs is 2. The molecular weight excluding hydrogens is 450 g/mol. The summed E-state index contributed by atoms with van der Waals surface area (Å²) in [5.41, 5.74) is 3.24. The van der Waals surface area contributed by atoms with E-state index in [2.05, 4.69) is 21.9 Å². The monoisotopic (exact) mass is 470 g/mol. The molecule has 1 aromatic heterocycles. The van der Waals surface area contributed by atoms with Gasteiger partial charge in [-0.25, -0.2) is 4.57 Å². The molecule has 0 aliphatic carbocycles. The molecule has 1 saturated heterocycles. The summed E-state index contributed by atoms with van der Waals surface area (Å²) in [4.78, 5) is 24.8. The van der Waals surface area contributed by atoms with E-state index in [4.69, 9.17) is 16.6 Å². The maximum atomic E-state index is 13.4. The van der Waals surface area contributed by atoms with Gasteiger partial charge in [-0.15, -0.1) is 0 Å². The van der Waals surface area contributed by atoms with Crippen LogP contribution in [0.15, 0.2) is 58.2 Å². The Morgan fingerprint density at radius 2 is 1.77 bits per heavy atom. The van der Waals surface area contributed by atoms with Gasteiger partial charge in [0.25, 0.3) is 11.1 Å². The van der Waals surface area contributed by atoms with Crippen molar-refractivity contribution in [2.75, 3.05) is 30.4 Å². The minimum absolute atomic E-state index is 0.0143. The van der Waals surface area contributed by atoms with E-state index in [0.29, 0.717) is 21.6 Å². The molecule has 5 rings (SSSR count). The topological polar surface area (TPSA) is 43.0 Å². The summed E-state index contributed by atoms with van der Waals surface area (Å²) in [7, 11) is 5.98. The smallest absolute Gasteiger partial charge is 0.328 e. The maximum absolute atomic E-state index is 13.4. The lowest BCUT2D eigenvalue weighted by Gasteiger charge is -2.19. The summed E-state index contributed by atoms with van der Waals surface area (Å²) in [5, 5.41) is 2.22. The van der Waals surface area contributed by atoms with Crippen LogP contribution in [0.3, 0.4) is 0 Å². The summed E-state index contributed by atoms with van der Waals surface area (Å²) in [6, 6.07) is 14.0. The van der Waals surface area contributed by atoms with Crippen molar-refractivity contribution < 1.29 is 9.36 Å². The molecule has 2 aliphatic rings. The van der Waals surface area contributed by atoms with Crippen LogP contribution in [-0.4, -0.2) is 36.6 Å². The Bertz CT molecular complexity index is 1270. The molecule has 0 saturated carbocycles. The summed E-state index contributed by atoms with van der Waals surface area (Å²) in [6.07, 6.45) is 0. The maximum Gasteiger partial charge on any atom is 0.385 e. The Morgan fingerprint density at radius 3 is 2.42 bits per heavy atom. The third-order valence-electron chi connectivity index (χ3n) is 5.59. The van der Waals surface area contributed by atoms with Crippen LogP contribution in [0, 0.1) is 0 Å². The predicted molar refractivity (Wildman–Crippen MR) is 130 cm³/mol. The highest BCUT2D eigenvalue weighted by Gasteiger charge is 2.42. The number of aryl methyl sites for hydroxylation is 1. The number of anilines is 2. The number of aromatic nitrogens is 1. The number of amides is 1. The van der Waals surface area contributed by atoms with Crippen LogP contribution in [0.2, 0.25) is 5.02 Å². The molecule has 0 spiro atoms. The first-order valence-electron chi connectivity index (χ1n) is 9.88. The van der Waals surface area contributed by atoms with Gasteiger partial charge in [-0.3, -0.25) is 9.69 Å². The van der Waals surface area contributed by atoms with Gasteiger partial charge in [0.15, 0.2) is 0 Å². The second kappa shape index (κ2) is 7.55. The number of thioether (sulfide) groups is 1. The number of benzene rings is 2. The van der Waals surface area contributed by atoms with Gasteiger partial charge in [0.05, 0.1) is 23.1 Å². The highest BCUT2D eigenvalue weighted by molar-refractivity contribution is 8.18. The fourth-order valence-electron chi connectivity index (χ4n) is 3.99. The van der Waals surface area contributed by atoms with Crippen molar-refractivity contribution in [3.05, 3.63) is 58.2 Å². The first kappa shape index (κ1) is 20.4. The van der Waals surface area contributed by atoms with Crippen LogP contribution in [0.25, 0.3) is 10.2 Å². The Balaban J connectivity index is 1.59. The standard InChI is InChI=1S/C22H21ClN5OS2/c1-5-28-20(29)18(19-25(2)14-8-6-7-9-15(14)26(19)3)31-22(28)24-21-27(4)16-11-10-13(23)12-17(16)30-21/h6-12H,5H2,1-4H3/q+1. The first-order valence-corrected chi connectivity index (χ1v) is 11.9. The van der Waals surface area contributed by atoms with Gasteiger partial charge in [0, 0.05) is 25.7 Å². The Labute approximate surface area is 194 Å². The minimum atomic E-state index is -0.0143. The molecule has 1 amide bonds. The zero-order valence-corrected chi connectivity index (χ0v) is 20.0. The summed E-state index contributed by atoms with van der Waals surface area (Å²) >= 11 is 9.16. The normalized spacial score (nSPS) is 17.6. The summed E-state index contributed by atoms with van der Waals surface area (Å²) in [6.45, 7) is 2.53. The third kappa shape index (κ3) is 3.12. The van der Waals surface area contributed by atoms with Gasteiger partial charge < -0.3 is 9.80 Å². The van der Waals surface area contributed by atoms with Crippen LogP contribution in [0.4, 0.5) is 16.5 Å². The minimum Gasteiger partial charge on any atom is -0.328 e. The van der Waals surface area contributed by atoms with Gasteiger partial charge in [-0.05, 0) is 65.3 Å². The van der Waals surface area contributed by atoms with Crippen molar-refractivity contribution in [1.82, 2.24) is 4.90 Å². The van der Waals surface area contributed by atoms with E-state index in [-0.39, 0.29) is 5.91 Å². The molecule has 6 nitrogen and oxygen atoms in total. The van der Waals surface area contributed by atoms with Gasteiger partial charge in [0.2, 0.25) is 0 Å². The molecule has 2 aromatic carbocycles. The van der Waals surface area contributed by atoms with E-state index in [1.165, 1.54) is 11.8 Å². The number of para-hydroxylation sites is 2. The predicted octanol–water partition coefficient (Wildman–Crippen LogP) is 4.72. The van der Waals surface area contributed by atoms with Crippen molar-refractivity contribution in [2.45, 2.75) is 6.92 Å². The number of hydrogen-bond donors (Lipinski definition) is 0. The van der Waals surface area contributed by atoms with E-state index < -0.39 is 0 Å². The number of likely N-dealkylation sites (N-methyl/N-ethyl adjacent to an activating group) is 1. The highest BCUT2D eigenvalue weighted by atomic mass is 35.5. The van der Waals surface area contributed by atoms with Crippen LogP contribution in [0.1, 0.15) is 6.92 Å². The molecule has 0 atom stereocenters. The largest absolute Gasteiger partial charge is 0.385 e. The van der Waals surface area contributed by atoms with Crippen molar-refractivity contribution in [2.24, 2.45) is 12.0 Å². The highest BCUT2D eigenvalue weighted by Crippen LogP contribution is 2.45. The van der Waals surface area contributed by atoms with Crippen LogP contribution >= 0.6 is 34.7 Å². The number of aliphatic imine (C=N–C) groups is 1. The lowest BCUT2D eigenvalue weighted by molar-refractivity contribution is -0.627. The molecule has 31 heavy (non-hydrogen) atoms. The number of amidine groups is 1. The molecule has 3 aromatic rings. The van der Waals surface area contributed by atoms with E-state index in [1.807, 2.05) is 63.0 Å². The molecule has 158 valence electrons. The van der Waals surface area contributed by atoms with E-state index >= 15 is 0 Å². The van der Waals surface area contributed by atoms with Crippen LogP contribution < -0.4 is 14.4 Å². The fraction of sp³-hybridized carbons (Fsp3) is 0.227. The van der Waals surface area contributed by atoms with Crippen LogP contribution in [-0.2, 0) is 11.8 Å². The number of nitrogens with zero attached hydrogens (tertiary/aromatic N) is 5. The number of thiazole rings is 1. The van der Waals surface area contributed by atoms with E-state index in [1.54, 1.807) is 16.2 Å². The molecule has 1 fully saturated rings. The van der Waals surface area contributed by atoms with Crippen molar-refractivity contribution in [3.63, 3.8) is 0 Å². The molecule has 0 bridgehead atoms. The number of rotatable bonds is 2. The molecule has 0 radical (unpaired) electrons. The third-order valence-corrected chi connectivity index (χ3v) is 7.97. The number of hydrogen-bond acceptors (Lipinski definition) is 6. The molecule has 9 heteroatoms. The Morgan fingerprint density at radius 1 is 1.10 bits per heavy atom. The van der Waals surface area contributed by atoms with E-state index in [9.17, 15) is 4.79 Å². The average molecular weight is 471 g/mol. The second-order valence-corrected chi connectivity index (χ2v) is 9.78. The molecule has 2 aliphatic heterocycles. The van der Waals surface area contributed by atoms with Gasteiger partial charge in [-0.2, -0.15) is 0 Å². The Kier molecular flexibility index (Phi) is 4.96. The zero-order chi connectivity index (χ0) is 21.9. The molecule has 0 unspecified atom stereocenters. The zero-order valence-electron chi connectivity index (χ0n) is 17.6. The Hall–Kier alpha value is -2.55. The summed E-state index contributed by atoms with van der Waals surface area (Å²) in [5.74, 6) is 0.868. The van der Waals surface area contributed by atoms with Gasteiger partial charge >= 0.3 is 5.13 Å². The fourth-order valence-corrected chi connectivity index (χ4v) is 6.54. The van der Waals surface area contributed by atoms with Gasteiger partial charge in [0.1, 0.15) is 16.2 Å². The van der Waals surface area contributed by atoms with Crippen LogP contribution in [0.5, 0.6) is 0 Å². The SMILES string of the molecule is CCN1C(=O)C(=C2N(C)c3ccccc3N2C)S/C1=N\c1sc2cc(Cl)ccc2[n+]1C. The lowest BCUT2D eigenvalue weighted by atomic mass is 10.3. The number of carbonyl (C=O) groups excluding carboxylic acids is 1. The number of halogens is 1. The van der Waals surface area contributed by atoms with Crippen molar-refractivity contribution >= 4 is 72.5 Å². The van der Waals surface area contributed by atoms with Crippen molar-refractivity contribution in [3.8, 4) is 0 Å². The lowest BCUT2D eigenvalue weighted by Crippen LogP contribution is -2.32.